The van der Waals surface area contributed by atoms with Gasteiger partial charge in [-0.3, -0.25) is 4.79 Å². The summed E-state index contributed by atoms with van der Waals surface area (Å²) in [5.41, 5.74) is 0.00750. The van der Waals surface area contributed by atoms with Gasteiger partial charge in [-0.25, -0.2) is 0 Å². The van der Waals surface area contributed by atoms with E-state index in [1.165, 1.54) is 22.8 Å². The zero-order valence-corrected chi connectivity index (χ0v) is 6.77. The number of pyridine rings is 1. The van der Waals surface area contributed by atoms with E-state index in [1.54, 1.807) is 6.92 Å². The molecule has 0 atom stereocenters. The summed E-state index contributed by atoms with van der Waals surface area (Å²) in [6.07, 6.45) is -1.58. The summed E-state index contributed by atoms with van der Waals surface area (Å²) < 4.78 is 1.31. The van der Waals surface area contributed by atoms with Gasteiger partial charge >= 0.3 is 0 Å². The average molecular weight is 169 g/mol. The maximum atomic E-state index is 11.1. The molecule has 4 heteroatoms. The summed E-state index contributed by atoms with van der Waals surface area (Å²) in [6.45, 7) is 2.21. The summed E-state index contributed by atoms with van der Waals surface area (Å²) >= 11 is 0. The third kappa shape index (κ3) is 1.54. The molecule has 0 aliphatic carbocycles. The van der Waals surface area contributed by atoms with Crippen molar-refractivity contribution in [2.24, 2.45) is 0 Å². The number of aliphatic hydroxyl groups is 2. The molecule has 0 aromatic carbocycles. The Morgan fingerprint density at radius 3 is 2.58 bits per heavy atom. The molecule has 0 aliphatic heterocycles. The van der Waals surface area contributed by atoms with Crippen LogP contribution in [0.5, 0.6) is 0 Å². The van der Waals surface area contributed by atoms with Gasteiger partial charge in [0.15, 0.2) is 6.29 Å². The first-order valence-corrected chi connectivity index (χ1v) is 3.72. The molecule has 0 spiro atoms. The van der Waals surface area contributed by atoms with Gasteiger partial charge < -0.3 is 14.8 Å². The van der Waals surface area contributed by atoms with Crippen molar-refractivity contribution in [1.29, 1.82) is 0 Å². The Labute approximate surface area is 69.7 Å². The minimum absolute atomic E-state index is 0.219. The Morgan fingerprint density at radius 1 is 1.50 bits per heavy atom. The molecule has 66 valence electrons. The lowest BCUT2D eigenvalue weighted by atomic mass is 10.3. The van der Waals surface area contributed by atoms with Crippen molar-refractivity contribution in [1.82, 2.24) is 4.57 Å². The zero-order valence-electron chi connectivity index (χ0n) is 6.77. The Morgan fingerprint density at radius 2 is 2.17 bits per heavy atom. The van der Waals surface area contributed by atoms with E-state index in [0.717, 1.165) is 0 Å². The van der Waals surface area contributed by atoms with Gasteiger partial charge in [0.2, 0.25) is 0 Å². The largest absolute Gasteiger partial charge is 0.363 e. The Balaban J connectivity index is 3.28. The normalized spacial score (nSPS) is 10.7. The molecule has 0 saturated carbocycles. The molecule has 0 amide bonds. The number of aliphatic hydroxyl groups excluding tert-OH is 1. The van der Waals surface area contributed by atoms with Crippen LogP contribution in [0.2, 0.25) is 0 Å². The smallest absolute Gasteiger partial charge is 0.250 e. The Kier molecular flexibility index (Phi) is 2.62. The first-order valence-electron chi connectivity index (χ1n) is 3.72. The summed E-state index contributed by atoms with van der Waals surface area (Å²) in [6, 6.07) is 4.40. The highest BCUT2D eigenvalue weighted by Gasteiger charge is 2.07. The molecule has 4 nitrogen and oxygen atoms in total. The highest BCUT2D eigenvalue weighted by molar-refractivity contribution is 5.07. The third-order valence-electron chi connectivity index (χ3n) is 1.66. The molecule has 0 unspecified atom stereocenters. The predicted octanol–water partition coefficient (Wildman–Crippen LogP) is -0.149. The fraction of sp³-hybridized carbons (Fsp3) is 0.375. The molecule has 1 rings (SSSR count). The summed E-state index contributed by atoms with van der Waals surface area (Å²) in [4.78, 5) is 11.1. The Bertz CT molecular complexity index is 316. The molecule has 0 radical (unpaired) electrons. The second-order valence-corrected chi connectivity index (χ2v) is 2.41. The molecule has 0 aliphatic rings. The van der Waals surface area contributed by atoms with E-state index in [4.69, 9.17) is 10.2 Å². The van der Waals surface area contributed by atoms with Crippen LogP contribution in [0.1, 0.15) is 18.9 Å². The van der Waals surface area contributed by atoms with E-state index in [0.29, 0.717) is 6.54 Å². The van der Waals surface area contributed by atoms with Crippen molar-refractivity contribution in [2.45, 2.75) is 19.8 Å². The number of aromatic nitrogens is 1. The highest BCUT2D eigenvalue weighted by Crippen LogP contribution is 2.05. The number of rotatable bonds is 2. The molecule has 1 aromatic heterocycles. The van der Waals surface area contributed by atoms with Crippen LogP contribution in [0.25, 0.3) is 0 Å². The Hall–Kier alpha value is -1.13. The molecule has 0 fully saturated rings. The van der Waals surface area contributed by atoms with E-state index in [-0.39, 0.29) is 11.3 Å². The minimum atomic E-state index is -1.58. The number of nitrogens with zero attached hydrogens (tertiary/aromatic N) is 1. The van der Waals surface area contributed by atoms with E-state index in [1.807, 2.05) is 0 Å². The molecule has 0 saturated heterocycles. The molecule has 0 bridgehead atoms. The maximum absolute atomic E-state index is 11.1. The van der Waals surface area contributed by atoms with Gasteiger partial charge in [0.05, 0.1) is 5.69 Å². The lowest BCUT2D eigenvalue weighted by Gasteiger charge is -2.10. The lowest BCUT2D eigenvalue weighted by Crippen LogP contribution is -2.23. The SMILES string of the molecule is CCn1c(C(O)O)cccc1=O. The molecule has 1 aromatic rings. The van der Waals surface area contributed by atoms with Crippen LogP contribution in [-0.2, 0) is 6.54 Å². The highest BCUT2D eigenvalue weighted by atomic mass is 16.5. The van der Waals surface area contributed by atoms with Gasteiger partial charge in [0.1, 0.15) is 0 Å². The van der Waals surface area contributed by atoms with Crippen molar-refractivity contribution in [3.63, 3.8) is 0 Å². The quantitative estimate of drug-likeness (QED) is 0.605. The summed E-state index contributed by atoms with van der Waals surface area (Å²) in [5.74, 6) is 0. The van der Waals surface area contributed by atoms with E-state index in [9.17, 15) is 4.79 Å². The van der Waals surface area contributed by atoms with Crippen LogP contribution in [0.3, 0.4) is 0 Å². The van der Waals surface area contributed by atoms with Crippen LogP contribution >= 0.6 is 0 Å². The predicted molar refractivity (Wildman–Crippen MR) is 43.6 cm³/mol. The number of hydrogen-bond acceptors (Lipinski definition) is 3. The van der Waals surface area contributed by atoms with E-state index >= 15 is 0 Å². The first kappa shape index (κ1) is 8.96. The lowest BCUT2D eigenvalue weighted by molar-refractivity contribution is -0.0489. The van der Waals surface area contributed by atoms with Gasteiger partial charge in [0.25, 0.3) is 5.56 Å². The maximum Gasteiger partial charge on any atom is 0.250 e. The molecular weight excluding hydrogens is 158 g/mol. The summed E-state index contributed by atoms with van der Waals surface area (Å²) in [5, 5.41) is 17.7. The monoisotopic (exact) mass is 169 g/mol. The molecule has 2 N–H and O–H groups in total. The van der Waals surface area contributed by atoms with Crippen LogP contribution in [-0.4, -0.2) is 14.8 Å². The zero-order chi connectivity index (χ0) is 9.14. The second kappa shape index (κ2) is 3.51. The van der Waals surface area contributed by atoms with Crippen molar-refractivity contribution in [3.05, 3.63) is 34.2 Å². The molecular formula is C8H11NO3. The van der Waals surface area contributed by atoms with Crippen LogP contribution in [0.15, 0.2) is 23.0 Å². The fourth-order valence-corrected chi connectivity index (χ4v) is 1.10. The second-order valence-electron chi connectivity index (χ2n) is 2.41. The van der Waals surface area contributed by atoms with Crippen molar-refractivity contribution < 1.29 is 10.2 Å². The van der Waals surface area contributed by atoms with E-state index in [2.05, 4.69) is 0 Å². The van der Waals surface area contributed by atoms with Crippen molar-refractivity contribution in [3.8, 4) is 0 Å². The van der Waals surface area contributed by atoms with Gasteiger partial charge in [-0.1, -0.05) is 6.07 Å². The standard InChI is InChI=1S/C8H11NO3/c1-2-9-6(8(11)12)4-3-5-7(9)10/h3-5,8,11-12H,2H2,1H3. The van der Waals surface area contributed by atoms with Gasteiger partial charge in [-0.2, -0.15) is 0 Å². The average Bonchev–Trinajstić information content (AvgIpc) is 2.03. The fourth-order valence-electron chi connectivity index (χ4n) is 1.10. The molecule has 12 heavy (non-hydrogen) atoms. The van der Waals surface area contributed by atoms with Crippen molar-refractivity contribution >= 4 is 0 Å². The number of hydrogen-bond donors (Lipinski definition) is 2. The van der Waals surface area contributed by atoms with Crippen LogP contribution in [0, 0.1) is 0 Å². The topological polar surface area (TPSA) is 62.5 Å². The van der Waals surface area contributed by atoms with Crippen LogP contribution in [0.4, 0.5) is 0 Å². The molecule has 1 heterocycles. The van der Waals surface area contributed by atoms with Gasteiger partial charge in [0, 0.05) is 12.6 Å². The van der Waals surface area contributed by atoms with Gasteiger partial charge in [-0.05, 0) is 13.0 Å². The van der Waals surface area contributed by atoms with E-state index < -0.39 is 6.29 Å². The van der Waals surface area contributed by atoms with Crippen molar-refractivity contribution in [2.75, 3.05) is 0 Å². The van der Waals surface area contributed by atoms with Crippen LogP contribution < -0.4 is 5.56 Å². The minimum Gasteiger partial charge on any atom is -0.363 e. The third-order valence-corrected chi connectivity index (χ3v) is 1.66. The summed E-state index contributed by atoms with van der Waals surface area (Å²) in [7, 11) is 0. The van der Waals surface area contributed by atoms with Gasteiger partial charge in [-0.15, -0.1) is 0 Å². The first-order chi connectivity index (χ1) is 5.66.